The molecule has 0 amide bonds. The summed E-state index contributed by atoms with van der Waals surface area (Å²) >= 11 is 0. The van der Waals surface area contributed by atoms with Crippen LogP contribution in [0, 0.1) is 12.7 Å². The lowest BCUT2D eigenvalue weighted by molar-refractivity contribution is 0.625. The predicted molar refractivity (Wildman–Crippen MR) is 98.9 cm³/mol. The number of hydrogen-bond acceptors (Lipinski definition) is 0. The zero-order valence-corrected chi connectivity index (χ0v) is 14.7. The van der Waals surface area contributed by atoms with Crippen LogP contribution < -0.4 is 10.4 Å². The van der Waals surface area contributed by atoms with Gasteiger partial charge in [-0.3, -0.25) is 0 Å². The Hall–Kier alpha value is -2.19. The lowest BCUT2D eigenvalue weighted by Gasteiger charge is -2.25. The van der Waals surface area contributed by atoms with Gasteiger partial charge in [0.2, 0.25) is 0 Å². The van der Waals surface area contributed by atoms with Gasteiger partial charge in [-0.25, -0.2) is 4.39 Å². The van der Waals surface area contributed by atoms with Crippen molar-refractivity contribution in [3.05, 3.63) is 95.8 Å². The smallest absolute Gasteiger partial charge is 0.123 e. The summed E-state index contributed by atoms with van der Waals surface area (Å²) < 4.78 is 13.5. The average Bonchev–Trinajstić information content (AvgIpc) is 2.57. The van der Waals surface area contributed by atoms with E-state index in [1.807, 2.05) is 13.0 Å². The van der Waals surface area contributed by atoms with Crippen molar-refractivity contribution >= 4 is 19.2 Å². The predicted octanol–water partition coefficient (Wildman–Crippen LogP) is 3.82. The van der Waals surface area contributed by atoms with Crippen molar-refractivity contribution in [3.63, 3.8) is 0 Å². The van der Waals surface area contributed by atoms with Crippen molar-refractivity contribution in [2.75, 3.05) is 0 Å². The maximum absolute atomic E-state index is 13.5. The van der Waals surface area contributed by atoms with E-state index in [-0.39, 0.29) is 5.82 Å². The monoisotopic (exact) mass is 320 g/mol. The molecule has 0 bridgehead atoms. The summed E-state index contributed by atoms with van der Waals surface area (Å²) in [7, 11) is -1.44. The van der Waals surface area contributed by atoms with Crippen LogP contribution in [0.15, 0.2) is 78.9 Å². The lowest BCUT2D eigenvalue weighted by Crippen LogP contribution is -2.46. The molecule has 3 rings (SSSR count). The third kappa shape index (κ3) is 3.43. The highest BCUT2D eigenvalue weighted by Crippen LogP contribution is 2.23. The van der Waals surface area contributed by atoms with Crippen LogP contribution in [0.1, 0.15) is 23.6 Å². The molecule has 0 N–H and O–H groups in total. The molecule has 0 saturated carbocycles. The first-order valence-corrected chi connectivity index (χ1v) is 9.85. The Bertz CT molecular complexity index is 729. The van der Waals surface area contributed by atoms with Gasteiger partial charge < -0.3 is 0 Å². The maximum Gasteiger partial charge on any atom is 0.123 e. The van der Waals surface area contributed by atoms with E-state index in [2.05, 4.69) is 67.6 Å². The normalized spacial score (nSPS) is 12.3. The van der Waals surface area contributed by atoms with Crippen molar-refractivity contribution < 1.29 is 4.39 Å². The van der Waals surface area contributed by atoms with E-state index < -0.39 is 8.80 Å². The molecular formula is C21H21FSi. The molecule has 0 nitrogen and oxygen atoms in total. The van der Waals surface area contributed by atoms with Gasteiger partial charge in [-0.15, -0.1) is 0 Å². The van der Waals surface area contributed by atoms with Crippen LogP contribution in [-0.2, 0) is 0 Å². The quantitative estimate of drug-likeness (QED) is 0.641. The van der Waals surface area contributed by atoms with Crippen molar-refractivity contribution in [2.45, 2.75) is 19.4 Å². The van der Waals surface area contributed by atoms with Crippen LogP contribution in [-0.4, -0.2) is 8.80 Å². The zero-order chi connectivity index (χ0) is 16.2. The number of hydrogen-bond donors (Lipinski definition) is 0. The topological polar surface area (TPSA) is 0 Å². The number of rotatable bonds is 4. The van der Waals surface area contributed by atoms with Gasteiger partial charge in [0.25, 0.3) is 0 Å². The van der Waals surface area contributed by atoms with Crippen LogP contribution in [0.2, 0.25) is 0 Å². The van der Waals surface area contributed by atoms with Crippen LogP contribution in [0.3, 0.4) is 0 Å². The molecule has 0 radical (unpaired) electrons. The Morgan fingerprint density at radius 2 is 1.30 bits per heavy atom. The van der Waals surface area contributed by atoms with E-state index >= 15 is 0 Å². The van der Waals surface area contributed by atoms with Gasteiger partial charge in [0, 0.05) is 0 Å². The van der Waals surface area contributed by atoms with Crippen molar-refractivity contribution in [2.24, 2.45) is 0 Å². The SMILES string of the molecule is Cc1cc(F)ccc1C(C)[SiH](c1ccccc1)c1ccccc1. The summed E-state index contributed by atoms with van der Waals surface area (Å²) in [5.41, 5.74) is 2.71. The first-order valence-electron chi connectivity index (χ1n) is 8.03. The van der Waals surface area contributed by atoms with Crippen molar-refractivity contribution in [1.29, 1.82) is 0 Å². The minimum atomic E-state index is -1.44. The second-order valence-corrected chi connectivity index (χ2v) is 9.38. The Morgan fingerprint density at radius 1 is 0.783 bits per heavy atom. The van der Waals surface area contributed by atoms with E-state index in [1.54, 1.807) is 12.1 Å². The largest absolute Gasteiger partial charge is 0.207 e. The van der Waals surface area contributed by atoms with Gasteiger partial charge in [-0.05, 0) is 35.7 Å². The molecule has 1 atom stereocenters. The minimum absolute atomic E-state index is 0.156. The number of aryl methyl sites for hydroxylation is 1. The number of halogens is 1. The highest BCUT2D eigenvalue weighted by atomic mass is 28.3. The van der Waals surface area contributed by atoms with Gasteiger partial charge in [0.05, 0.1) is 0 Å². The second kappa shape index (κ2) is 6.92. The Morgan fingerprint density at radius 3 is 1.78 bits per heavy atom. The van der Waals surface area contributed by atoms with E-state index in [0.29, 0.717) is 5.54 Å². The molecule has 0 spiro atoms. The Kier molecular flexibility index (Phi) is 4.72. The summed E-state index contributed by atoms with van der Waals surface area (Å²) in [4.78, 5) is 0. The molecule has 0 aromatic heterocycles. The fraction of sp³-hybridized carbons (Fsp3) is 0.143. The van der Waals surface area contributed by atoms with Crippen LogP contribution in [0.4, 0.5) is 4.39 Å². The molecular weight excluding hydrogens is 299 g/mol. The van der Waals surface area contributed by atoms with Crippen molar-refractivity contribution in [1.82, 2.24) is 0 Å². The first-order chi connectivity index (χ1) is 11.2. The molecule has 23 heavy (non-hydrogen) atoms. The maximum atomic E-state index is 13.5. The molecule has 0 heterocycles. The van der Waals surface area contributed by atoms with Gasteiger partial charge >= 0.3 is 0 Å². The third-order valence-electron chi connectivity index (χ3n) is 4.54. The van der Waals surface area contributed by atoms with E-state index in [9.17, 15) is 4.39 Å². The highest BCUT2D eigenvalue weighted by Gasteiger charge is 2.25. The minimum Gasteiger partial charge on any atom is -0.207 e. The van der Waals surface area contributed by atoms with Crippen LogP contribution >= 0.6 is 0 Å². The summed E-state index contributed by atoms with van der Waals surface area (Å²) in [6, 6.07) is 26.7. The van der Waals surface area contributed by atoms with Gasteiger partial charge in [-0.1, -0.05) is 84.0 Å². The third-order valence-corrected chi connectivity index (χ3v) is 8.11. The fourth-order valence-corrected chi connectivity index (χ4v) is 6.97. The van der Waals surface area contributed by atoms with Gasteiger partial charge in [0.1, 0.15) is 14.6 Å². The van der Waals surface area contributed by atoms with E-state index in [1.165, 1.54) is 15.9 Å². The standard InChI is InChI=1S/C21H21FSi/c1-16-15-18(22)13-14-21(16)17(2)23(19-9-5-3-6-10-19)20-11-7-4-8-12-20/h3-15,17,23H,1-2H3. The fourth-order valence-electron chi connectivity index (χ4n) is 3.42. The lowest BCUT2D eigenvalue weighted by atomic mass is 10.1. The molecule has 3 aromatic rings. The summed E-state index contributed by atoms with van der Waals surface area (Å²) in [5, 5.41) is 2.85. The van der Waals surface area contributed by atoms with Crippen LogP contribution in [0.25, 0.3) is 0 Å². The molecule has 0 fully saturated rings. The zero-order valence-electron chi connectivity index (χ0n) is 13.5. The molecule has 1 unspecified atom stereocenters. The van der Waals surface area contributed by atoms with E-state index in [0.717, 1.165) is 5.56 Å². The molecule has 116 valence electrons. The summed E-state index contributed by atoms with van der Waals surface area (Å²) in [5.74, 6) is -0.156. The van der Waals surface area contributed by atoms with Crippen LogP contribution in [0.5, 0.6) is 0 Å². The molecule has 0 aliphatic rings. The summed E-state index contributed by atoms with van der Waals surface area (Å²) in [6.07, 6.45) is 0. The first kappa shape index (κ1) is 15.7. The molecule has 2 heteroatoms. The number of benzene rings is 3. The Labute approximate surface area is 139 Å². The van der Waals surface area contributed by atoms with E-state index in [4.69, 9.17) is 0 Å². The average molecular weight is 320 g/mol. The Balaban J connectivity index is 2.08. The molecule has 0 aliphatic heterocycles. The van der Waals surface area contributed by atoms with Gasteiger partial charge in [-0.2, -0.15) is 0 Å². The molecule has 0 aliphatic carbocycles. The summed E-state index contributed by atoms with van der Waals surface area (Å²) in [6.45, 7) is 4.30. The molecule has 3 aromatic carbocycles. The van der Waals surface area contributed by atoms with Gasteiger partial charge in [0.15, 0.2) is 0 Å². The highest BCUT2D eigenvalue weighted by molar-refractivity contribution is 6.86. The molecule has 0 saturated heterocycles. The van der Waals surface area contributed by atoms with Crippen molar-refractivity contribution in [3.8, 4) is 0 Å². The second-order valence-electron chi connectivity index (χ2n) is 6.09.